The molecule has 0 bridgehead atoms. The highest BCUT2D eigenvalue weighted by molar-refractivity contribution is 5.31. The molecular weight excluding hydrogens is 252 g/mol. The SMILES string of the molecule is Fc1cc(Oc2ccc(C(F)(F)F)cc2)ncn1. The van der Waals surface area contributed by atoms with E-state index in [1.54, 1.807) is 0 Å². The van der Waals surface area contributed by atoms with E-state index in [1.165, 1.54) is 0 Å². The van der Waals surface area contributed by atoms with E-state index < -0.39 is 17.7 Å². The molecule has 0 saturated heterocycles. The van der Waals surface area contributed by atoms with Crippen molar-refractivity contribution < 1.29 is 22.3 Å². The summed E-state index contributed by atoms with van der Waals surface area (Å²) in [4.78, 5) is 6.83. The lowest BCUT2D eigenvalue weighted by atomic mass is 10.2. The summed E-state index contributed by atoms with van der Waals surface area (Å²) in [6.07, 6.45) is -3.45. The van der Waals surface area contributed by atoms with Crippen LogP contribution in [0.5, 0.6) is 11.6 Å². The van der Waals surface area contributed by atoms with Gasteiger partial charge < -0.3 is 4.74 Å². The van der Waals surface area contributed by atoms with Crippen molar-refractivity contribution in [2.75, 3.05) is 0 Å². The number of ether oxygens (including phenoxy) is 1. The summed E-state index contributed by atoms with van der Waals surface area (Å²) in [6.45, 7) is 0. The Hall–Kier alpha value is -2.18. The van der Waals surface area contributed by atoms with Crippen molar-refractivity contribution in [3.8, 4) is 11.6 Å². The molecule has 0 saturated carbocycles. The molecular formula is C11H6F4N2O. The fourth-order valence-electron chi connectivity index (χ4n) is 1.21. The minimum Gasteiger partial charge on any atom is -0.439 e. The van der Waals surface area contributed by atoms with Gasteiger partial charge in [0.05, 0.1) is 11.6 Å². The van der Waals surface area contributed by atoms with Crippen LogP contribution in [0.15, 0.2) is 36.7 Å². The number of hydrogen-bond donors (Lipinski definition) is 0. The van der Waals surface area contributed by atoms with Crippen molar-refractivity contribution in [2.45, 2.75) is 6.18 Å². The highest BCUT2D eigenvalue weighted by Gasteiger charge is 2.30. The number of rotatable bonds is 2. The van der Waals surface area contributed by atoms with Gasteiger partial charge in [0.1, 0.15) is 12.1 Å². The van der Waals surface area contributed by atoms with Gasteiger partial charge in [-0.15, -0.1) is 0 Å². The first-order valence-electron chi connectivity index (χ1n) is 4.78. The molecule has 0 radical (unpaired) electrons. The minimum absolute atomic E-state index is 0.0812. The predicted molar refractivity (Wildman–Crippen MR) is 53.5 cm³/mol. The molecule has 1 aromatic carbocycles. The molecule has 18 heavy (non-hydrogen) atoms. The second-order valence-electron chi connectivity index (χ2n) is 3.30. The van der Waals surface area contributed by atoms with E-state index in [4.69, 9.17) is 4.74 Å². The highest BCUT2D eigenvalue weighted by atomic mass is 19.4. The maximum Gasteiger partial charge on any atom is 0.416 e. The van der Waals surface area contributed by atoms with E-state index in [0.717, 1.165) is 36.7 Å². The minimum atomic E-state index is -4.40. The number of aromatic nitrogens is 2. The van der Waals surface area contributed by atoms with E-state index >= 15 is 0 Å². The van der Waals surface area contributed by atoms with Gasteiger partial charge in [0.25, 0.3) is 0 Å². The van der Waals surface area contributed by atoms with Crippen LogP contribution in [-0.2, 0) is 6.18 Å². The summed E-state index contributed by atoms with van der Waals surface area (Å²) in [5.41, 5.74) is -0.788. The van der Waals surface area contributed by atoms with Crippen molar-refractivity contribution in [3.63, 3.8) is 0 Å². The third kappa shape index (κ3) is 2.93. The summed E-state index contributed by atoms with van der Waals surface area (Å²) >= 11 is 0. The van der Waals surface area contributed by atoms with Crippen LogP contribution < -0.4 is 4.74 Å². The molecule has 1 aromatic heterocycles. The van der Waals surface area contributed by atoms with Gasteiger partial charge in [-0.05, 0) is 24.3 Å². The Labute approximate surface area is 99.1 Å². The monoisotopic (exact) mass is 258 g/mol. The lowest BCUT2D eigenvalue weighted by Crippen LogP contribution is -2.04. The Balaban J connectivity index is 2.16. The third-order valence-corrected chi connectivity index (χ3v) is 2.01. The molecule has 0 N–H and O–H groups in total. The molecule has 2 aromatic rings. The van der Waals surface area contributed by atoms with Crippen LogP contribution in [0, 0.1) is 5.95 Å². The lowest BCUT2D eigenvalue weighted by Gasteiger charge is -2.08. The van der Waals surface area contributed by atoms with E-state index in [0.29, 0.717) is 0 Å². The number of alkyl halides is 3. The van der Waals surface area contributed by atoms with E-state index in [9.17, 15) is 17.6 Å². The van der Waals surface area contributed by atoms with Crippen molar-refractivity contribution in [1.29, 1.82) is 0 Å². The van der Waals surface area contributed by atoms with Gasteiger partial charge in [0.2, 0.25) is 11.8 Å². The van der Waals surface area contributed by atoms with Crippen LogP contribution >= 0.6 is 0 Å². The van der Waals surface area contributed by atoms with Crippen LogP contribution in [-0.4, -0.2) is 9.97 Å². The summed E-state index contributed by atoms with van der Waals surface area (Å²) in [5.74, 6) is -0.740. The van der Waals surface area contributed by atoms with Gasteiger partial charge in [-0.2, -0.15) is 17.6 Å². The number of nitrogens with zero attached hydrogens (tertiary/aromatic N) is 2. The van der Waals surface area contributed by atoms with Crippen LogP contribution in [0.25, 0.3) is 0 Å². The fourth-order valence-corrected chi connectivity index (χ4v) is 1.21. The first-order valence-corrected chi connectivity index (χ1v) is 4.78. The maximum absolute atomic E-state index is 12.7. The first kappa shape index (κ1) is 12.3. The first-order chi connectivity index (χ1) is 8.45. The lowest BCUT2D eigenvalue weighted by molar-refractivity contribution is -0.137. The highest BCUT2D eigenvalue weighted by Crippen LogP contribution is 2.31. The number of benzene rings is 1. The quantitative estimate of drug-likeness (QED) is 0.611. The van der Waals surface area contributed by atoms with Crippen molar-refractivity contribution in [2.24, 2.45) is 0 Å². The van der Waals surface area contributed by atoms with Crippen LogP contribution in [0.2, 0.25) is 0 Å². The second-order valence-corrected chi connectivity index (χ2v) is 3.30. The molecule has 7 heteroatoms. The standard InChI is InChI=1S/C11H6F4N2O/c12-9-5-10(17-6-16-9)18-8-3-1-7(2-4-8)11(13,14)15/h1-6H. The molecule has 0 aliphatic heterocycles. The van der Waals surface area contributed by atoms with Crippen LogP contribution in [0.3, 0.4) is 0 Å². The molecule has 0 unspecified atom stereocenters. The molecule has 0 amide bonds. The summed E-state index contributed by atoms with van der Waals surface area (Å²) in [6, 6.07) is 4.92. The zero-order chi connectivity index (χ0) is 13.2. The van der Waals surface area contributed by atoms with Crippen LogP contribution in [0.4, 0.5) is 17.6 Å². The van der Waals surface area contributed by atoms with E-state index in [-0.39, 0.29) is 11.6 Å². The Kier molecular flexibility index (Phi) is 3.14. The van der Waals surface area contributed by atoms with Gasteiger partial charge in [0, 0.05) is 0 Å². The van der Waals surface area contributed by atoms with Crippen molar-refractivity contribution >= 4 is 0 Å². The normalized spacial score (nSPS) is 11.3. The summed E-state index contributed by atoms with van der Waals surface area (Å²) in [5, 5.41) is 0. The van der Waals surface area contributed by atoms with Gasteiger partial charge in [0.15, 0.2) is 0 Å². The topological polar surface area (TPSA) is 35.0 Å². The van der Waals surface area contributed by atoms with Gasteiger partial charge >= 0.3 is 6.18 Å². The van der Waals surface area contributed by atoms with E-state index in [1.807, 2.05) is 0 Å². The largest absolute Gasteiger partial charge is 0.439 e. The van der Waals surface area contributed by atoms with Gasteiger partial charge in [-0.3, -0.25) is 0 Å². The van der Waals surface area contributed by atoms with Crippen molar-refractivity contribution in [3.05, 3.63) is 48.2 Å². The Morgan fingerprint density at radius 3 is 2.22 bits per heavy atom. The maximum atomic E-state index is 12.7. The Morgan fingerprint density at radius 2 is 1.67 bits per heavy atom. The molecule has 94 valence electrons. The van der Waals surface area contributed by atoms with Crippen molar-refractivity contribution in [1.82, 2.24) is 9.97 Å². The Bertz CT molecular complexity index is 539. The fraction of sp³-hybridized carbons (Fsp3) is 0.0909. The zero-order valence-electron chi connectivity index (χ0n) is 8.78. The number of halogens is 4. The predicted octanol–water partition coefficient (Wildman–Crippen LogP) is 3.43. The second kappa shape index (κ2) is 4.59. The zero-order valence-corrected chi connectivity index (χ0v) is 8.78. The average molecular weight is 258 g/mol. The summed E-state index contributed by atoms with van der Waals surface area (Å²) in [7, 11) is 0. The molecule has 0 spiro atoms. The molecule has 0 fully saturated rings. The molecule has 2 rings (SSSR count). The smallest absolute Gasteiger partial charge is 0.416 e. The summed E-state index contributed by atoms with van der Waals surface area (Å²) < 4.78 is 54.6. The molecule has 1 heterocycles. The molecule has 0 atom stereocenters. The number of hydrogen-bond acceptors (Lipinski definition) is 3. The molecule has 0 aliphatic rings. The molecule has 3 nitrogen and oxygen atoms in total. The van der Waals surface area contributed by atoms with E-state index in [2.05, 4.69) is 9.97 Å². The average Bonchev–Trinajstić information content (AvgIpc) is 2.28. The Morgan fingerprint density at radius 1 is 1.00 bits per heavy atom. The third-order valence-electron chi connectivity index (χ3n) is 2.01. The van der Waals surface area contributed by atoms with Gasteiger partial charge in [-0.1, -0.05) is 0 Å². The molecule has 0 aliphatic carbocycles. The van der Waals surface area contributed by atoms with Gasteiger partial charge in [-0.25, -0.2) is 9.97 Å². The van der Waals surface area contributed by atoms with Crippen LogP contribution in [0.1, 0.15) is 5.56 Å².